The zero-order valence-electron chi connectivity index (χ0n) is 17.2. The molecule has 11 heteroatoms. The fourth-order valence-electron chi connectivity index (χ4n) is 4.01. The Balaban J connectivity index is 1.70. The Kier molecular flexibility index (Phi) is 6.35. The molecule has 0 saturated carbocycles. The van der Waals surface area contributed by atoms with Crippen LogP contribution in [0.5, 0.6) is 0 Å². The molecule has 4 heterocycles. The van der Waals surface area contributed by atoms with E-state index in [9.17, 15) is 18.0 Å². The summed E-state index contributed by atoms with van der Waals surface area (Å²) in [6.45, 7) is 1.47. The van der Waals surface area contributed by atoms with E-state index in [4.69, 9.17) is 4.74 Å². The lowest BCUT2D eigenvalue weighted by Gasteiger charge is -2.26. The molecule has 9 nitrogen and oxygen atoms in total. The standard InChI is InChI=1S/C20H24N4O5S2/c1-29-19(26)17-14-6-11-23(18(25)15-12-21-7-8-22-15)13-16(14)30-20(17)31(27,28)24-9-4-2-3-5-10-24/h7-8,12H,2-6,9-11,13H2,1H3. The predicted octanol–water partition coefficient (Wildman–Crippen LogP) is 2.09. The second kappa shape index (κ2) is 9.01. The summed E-state index contributed by atoms with van der Waals surface area (Å²) in [7, 11) is -2.58. The number of hydrogen-bond acceptors (Lipinski definition) is 8. The van der Waals surface area contributed by atoms with Gasteiger partial charge in [-0.3, -0.25) is 9.78 Å². The first kappa shape index (κ1) is 21.8. The highest BCUT2D eigenvalue weighted by molar-refractivity contribution is 7.91. The van der Waals surface area contributed by atoms with Crippen molar-refractivity contribution in [3.05, 3.63) is 40.3 Å². The van der Waals surface area contributed by atoms with Crippen LogP contribution in [-0.2, 0) is 27.7 Å². The summed E-state index contributed by atoms with van der Waals surface area (Å²) < 4.78 is 33.4. The number of nitrogens with zero attached hydrogens (tertiary/aromatic N) is 4. The highest BCUT2D eigenvalue weighted by Crippen LogP contribution is 2.38. The van der Waals surface area contributed by atoms with Crippen LogP contribution in [-0.4, -0.2) is 66.2 Å². The van der Waals surface area contributed by atoms with E-state index in [1.807, 2.05) is 0 Å². The molecule has 0 radical (unpaired) electrons. The lowest BCUT2D eigenvalue weighted by atomic mass is 10.0. The van der Waals surface area contributed by atoms with Crippen LogP contribution in [0.3, 0.4) is 0 Å². The van der Waals surface area contributed by atoms with Crippen molar-refractivity contribution in [1.82, 2.24) is 19.2 Å². The van der Waals surface area contributed by atoms with E-state index in [0.717, 1.165) is 37.0 Å². The van der Waals surface area contributed by atoms with E-state index in [2.05, 4.69) is 9.97 Å². The Morgan fingerprint density at radius 1 is 1.10 bits per heavy atom. The number of carbonyl (C=O) groups excluding carboxylic acids is 2. The Labute approximate surface area is 185 Å². The summed E-state index contributed by atoms with van der Waals surface area (Å²) in [5.74, 6) is -0.928. The molecule has 2 aromatic rings. The second-order valence-electron chi connectivity index (χ2n) is 7.54. The average molecular weight is 465 g/mol. The van der Waals surface area contributed by atoms with Gasteiger partial charge in [0, 0.05) is 36.9 Å². The number of methoxy groups -OCH3 is 1. The van der Waals surface area contributed by atoms with Gasteiger partial charge in [0.25, 0.3) is 15.9 Å². The molecule has 0 bridgehead atoms. The average Bonchev–Trinajstić information content (AvgIpc) is 2.96. The van der Waals surface area contributed by atoms with Crippen molar-refractivity contribution >= 4 is 33.2 Å². The number of aromatic nitrogens is 2. The smallest absolute Gasteiger partial charge is 0.340 e. The first-order valence-electron chi connectivity index (χ1n) is 10.2. The van der Waals surface area contributed by atoms with E-state index in [-0.39, 0.29) is 27.9 Å². The molecule has 31 heavy (non-hydrogen) atoms. The Morgan fingerprint density at radius 2 is 1.84 bits per heavy atom. The van der Waals surface area contributed by atoms with E-state index in [1.165, 1.54) is 30.0 Å². The minimum Gasteiger partial charge on any atom is -0.465 e. The van der Waals surface area contributed by atoms with Crippen LogP contribution in [0, 0.1) is 0 Å². The van der Waals surface area contributed by atoms with Crippen LogP contribution < -0.4 is 0 Å². The molecule has 1 amide bonds. The van der Waals surface area contributed by atoms with Crippen molar-refractivity contribution < 1.29 is 22.7 Å². The molecular formula is C20H24N4O5S2. The van der Waals surface area contributed by atoms with Crippen LogP contribution in [0.25, 0.3) is 0 Å². The molecule has 2 aliphatic rings. The van der Waals surface area contributed by atoms with Crippen molar-refractivity contribution in [3.63, 3.8) is 0 Å². The van der Waals surface area contributed by atoms with Gasteiger partial charge in [-0.25, -0.2) is 18.2 Å². The molecule has 0 aromatic carbocycles. The summed E-state index contributed by atoms with van der Waals surface area (Å²) in [5.41, 5.74) is 1.01. The number of thiophene rings is 1. The molecule has 1 fully saturated rings. The number of amides is 1. The predicted molar refractivity (Wildman–Crippen MR) is 113 cm³/mol. The summed E-state index contributed by atoms with van der Waals surface area (Å²) in [4.78, 5) is 35.7. The van der Waals surface area contributed by atoms with E-state index >= 15 is 0 Å². The number of rotatable bonds is 4. The molecule has 0 aliphatic carbocycles. The molecule has 0 atom stereocenters. The van der Waals surface area contributed by atoms with Crippen molar-refractivity contribution in [2.24, 2.45) is 0 Å². The fourth-order valence-corrected chi connectivity index (χ4v) is 7.57. The van der Waals surface area contributed by atoms with Crippen molar-refractivity contribution in [2.45, 2.75) is 42.9 Å². The van der Waals surface area contributed by atoms with Crippen LogP contribution in [0.15, 0.2) is 22.8 Å². The number of carbonyl (C=O) groups is 2. The highest BCUT2D eigenvalue weighted by Gasteiger charge is 2.37. The summed E-state index contributed by atoms with van der Waals surface area (Å²) in [6, 6.07) is 0. The maximum atomic E-state index is 13.5. The Bertz CT molecular complexity index is 1080. The third kappa shape index (κ3) is 4.21. The van der Waals surface area contributed by atoms with Gasteiger partial charge in [-0.05, 0) is 24.8 Å². The highest BCUT2D eigenvalue weighted by atomic mass is 32.2. The third-order valence-corrected chi connectivity index (χ3v) is 9.23. The molecule has 166 valence electrons. The zero-order valence-corrected chi connectivity index (χ0v) is 18.9. The quantitative estimate of drug-likeness (QED) is 0.637. The molecule has 4 rings (SSSR count). The first-order chi connectivity index (χ1) is 14.9. The molecule has 2 aromatic heterocycles. The van der Waals surface area contributed by atoms with Gasteiger partial charge in [-0.2, -0.15) is 4.31 Å². The second-order valence-corrected chi connectivity index (χ2v) is 10.8. The normalized spacial score (nSPS) is 17.6. The van der Waals surface area contributed by atoms with Gasteiger partial charge < -0.3 is 9.64 Å². The Hall–Kier alpha value is -2.37. The van der Waals surface area contributed by atoms with Gasteiger partial charge in [0.05, 0.1) is 25.4 Å². The maximum absolute atomic E-state index is 13.5. The minimum atomic E-state index is -3.83. The SMILES string of the molecule is COC(=O)c1c(S(=O)(=O)N2CCCCCC2)sc2c1CCN(C(=O)c1cnccn1)C2. The van der Waals surface area contributed by atoms with Crippen LogP contribution >= 0.6 is 11.3 Å². The topological polar surface area (TPSA) is 110 Å². The van der Waals surface area contributed by atoms with Crippen LogP contribution in [0.2, 0.25) is 0 Å². The summed E-state index contributed by atoms with van der Waals surface area (Å²) in [6.07, 6.45) is 8.32. The van der Waals surface area contributed by atoms with E-state index < -0.39 is 16.0 Å². The molecule has 2 aliphatic heterocycles. The monoisotopic (exact) mass is 464 g/mol. The van der Waals surface area contributed by atoms with Gasteiger partial charge in [0.1, 0.15) is 9.90 Å². The maximum Gasteiger partial charge on any atom is 0.340 e. The van der Waals surface area contributed by atoms with Gasteiger partial charge in [-0.15, -0.1) is 11.3 Å². The van der Waals surface area contributed by atoms with Crippen molar-refractivity contribution in [3.8, 4) is 0 Å². The van der Waals surface area contributed by atoms with E-state index in [0.29, 0.717) is 36.5 Å². The van der Waals surface area contributed by atoms with Crippen molar-refractivity contribution in [1.29, 1.82) is 0 Å². The van der Waals surface area contributed by atoms with Gasteiger partial charge in [-0.1, -0.05) is 12.8 Å². The van der Waals surface area contributed by atoms with Crippen molar-refractivity contribution in [2.75, 3.05) is 26.7 Å². The number of sulfonamides is 1. The van der Waals surface area contributed by atoms with Crippen LogP contribution in [0.4, 0.5) is 0 Å². The number of esters is 1. The van der Waals surface area contributed by atoms with Gasteiger partial charge in [0.2, 0.25) is 0 Å². The molecular weight excluding hydrogens is 440 g/mol. The number of fused-ring (bicyclic) bond motifs is 1. The molecule has 0 unspecified atom stereocenters. The lowest BCUT2D eigenvalue weighted by molar-refractivity contribution is 0.0595. The number of hydrogen-bond donors (Lipinski definition) is 0. The van der Waals surface area contributed by atoms with Gasteiger partial charge >= 0.3 is 5.97 Å². The number of ether oxygens (including phenoxy) is 1. The zero-order chi connectivity index (χ0) is 22.0. The summed E-state index contributed by atoms with van der Waals surface area (Å²) >= 11 is 1.07. The molecule has 0 spiro atoms. The minimum absolute atomic E-state index is 0.0278. The third-order valence-electron chi connectivity index (χ3n) is 5.62. The van der Waals surface area contributed by atoms with Crippen LogP contribution in [0.1, 0.15) is 57.0 Å². The van der Waals surface area contributed by atoms with E-state index in [1.54, 1.807) is 4.90 Å². The molecule has 0 N–H and O–H groups in total. The molecule has 1 saturated heterocycles. The largest absolute Gasteiger partial charge is 0.465 e. The fraction of sp³-hybridized carbons (Fsp3) is 0.500. The first-order valence-corrected chi connectivity index (χ1v) is 12.5. The summed E-state index contributed by atoms with van der Waals surface area (Å²) in [5, 5.41) is 0. The van der Waals surface area contributed by atoms with Gasteiger partial charge in [0.15, 0.2) is 0 Å². The lowest BCUT2D eigenvalue weighted by Crippen LogP contribution is -2.36. The Morgan fingerprint density at radius 3 is 2.48 bits per heavy atom.